The van der Waals surface area contributed by atoms with Crippen LogP contribution < -0.4 is 10.6 Å². The van der Waals surface area contributed by atoms with Crippen LogP contribution in [0.1, 0.15) is 19.4 Å². The molecule has 7 heteroatoms. The van der Waals surface area contributed by atoms with Crippen molar-refractivity contribution in [2.24, 2.45) is 0 Å². The van der Waals surface area contributed by atoms with E-state index < -0.39 is 0 Å². The first-order chi connectivity index (χ1) is 10.1. The third kappa shape index (κ3) is 4.86. The van der Waals surface area contributed by atoms with Gasteiger partial charge in [0.25, 0.3) is 0 Å². The molecule has 112 valence electrons. The van der Waals surface area contributed by atoms with Crippen molar-refractivity contribution in [1.29, 1.82) is 0 Å². The normalized spacial score (nSPS) is 10.7. The third-order valence-corrected chi connectivity index (χ3v) is 3.13. The molecule has 0 saturated carbocycles. The zero-order valence-corrected chi connectivity index (χ0v) is 13.0. The van der Waals surface area contributed by atoms with E-state index in [0.717, 1.165) is 5.56 Å². The van der Waals surface area contributed by atoms with Crippen molar-refractivity contribution in [2.45, 2.75) is 31.6 Å². The maximum atomic E-state index is 12.9. The van der Waals surface area contributed by atoms with Gasteiger partial charge >= 0.3 is 0 Å². The highest BCUT2D eigenvalue weighted by atomic mass is 32.2. The molecule has 0 radical (unpaired) electrons. The molecule has 0 bridgehead atoms. The van der Waals surface area contributed by atoms with E-state index in [9.17, 15) is 4.39 Å². The van der Waals surface area contributed by atoms with E-state index in [1.54, 1.807) is 12.1 Å². The number of benzene rings is 1. The number of aromatic nitrogens is 3. The molecule has 2 N–H and O–H groups in total. The summed E-state index contributed by atoms with van der Waals surface area (Å²) >= 11 is 1.46. The highest BCUT2D eigenvalue weighted by Crippen LogP contribution is 2.15. The van der Waals surface area contributed by atoms with Crippen LogP contribution in [0.4, 0.5) is 16.3 Å². The van der Waals surface area contributed by atoms with Crippen LogP contribution in [0.25, 0.3) is 0 Å². The fraction of sp³-hybridized carbons (Fsp3) is 0.357. The van der Waals surface area contributed by atoms with Gasteiger partial charge in [-0.05, 0) is 37.8 Å². The monoisotopic (exact) mass is 307 g/mol. The molecular weight excluding hydrogens is 289 g/mol. The zero-order valence-electron chi connectivity index (χ0n) is 12.2. The van der Waals surface area contributed by atoms with Crippen molar-refractivity contribution >= 4 is 23.7 Å². The first-order valence-electron chi connectivity index (χ1n) is 6.61. The van der Waals surface area contributed by atoms with Crippen molar-refractivity contribution < 1.29 is 4.39 Å². The van der Waals surface area contributed by atoms with E-state index >= 15 is 0 Å². The summed E-state index contributed by atoms with van der Waals surface area (Å²) in [6.07, 6.45) is 1.91. The van der Waals surface area contributed by atoms with Crippen LogP contribution in [-0.4, -0.2) is 27.2 Å². The van der Waals surface area contributed by atoms with Crippen molar-refractivity contribution in [3.05, 3.63) is 35.6 Å². The van der Waals surface area contributed by atoms with Crippen molar-refractivity contribution in [3.8, 4) is 0 Å². The highest BCUT2D eigenvalue weighted by Gasteiger charge is 2.07. The molecule has 1 heterocycles. The van der Waals surface area contributed by atoms with Crippen LogP contribution in [0.5, 0.6) is 0 Å². The molecule has 0 aliphatic carbocycles. The standard InChI is InChI=1S/C14H18FN5S/c1-9(2)17-13-18-12(19-14(20-13)21-3)16-8-10-4-6-11(15)7-5-10/h4-7,9H,8H2,1-3H3,(H2,16,17,18,19,20). The summed E-state index contributed by atoms with van der Waals surface area (Å²) < 4.78 is 12.9. The second-order valence-corrected chi connectivity index (χ2v) is 5.52. The van der Waals surface area contributed by atoms with Gasteiger partial charge in [-0.15, -0.1) is 0 Å². The Morgan fingerprint density at radius 2 is 1.76 bits per heavy atom. The van der Waals surface area contributed by atoms with Gasteiger partial charge in [0.1, 0.15) is 5.82 Å². The minimum absolute atomic E-state index is 0.243. The lowest BCUT2D eigenvalue weighted by Crippen LogP contribution is -2.15. The van der Waals surface area contributed by atoms with Crippen molar-refractivity contribution in [2.75, 3.05) is 16.9 Å². The van der Waals surface area contributed by atoms with Crippen molar-refractivity contribution in [3.63, 3.8) is 0 Å². The van der Waals surface area contributed by atoms with Gasteiger partial charge in [-0.2, -0.15) is 15.0 Å². The molecule has 2 rings (SSSR count). The maximum absolute atomic E-state index is 12.9. The van der Waals surface area contributed by atoms with Gasteiger partial charge in [0, 0.05) is 12.6 Å². The Balaban J connectivity index is 2.09. The molecular formula is C14H18FN5S. The average molecular weight is 307 g/mol. The van der Waals surface area contributed by atoms with E-state index in [0.29, 0.717) is 23.6 Å². The smallest absolute Gasteiger partial charge is 0.228 e. The van der Waals surface area contributed by atoms with Crippen LogP contribution in [0.3, 0.4) is 0 Å². The number of nitrogens with one attached hydrogen (secondary N) is 2. The fourth-order valence-corrected chi connectivity index (χ4v) is 1.99. The number of rotatable bonds is 6. The summed E-state index contributed by atoms with van der Waals surface area (Å²) in [5.74, 6) is 0.805. The van der Waals surface area contributed by atoms with Gasteiger partial charge in [-0.25, -0.2) is 4.39 Å². The summed E-state index contributed by atoms with van der Waals surface area (Å²) in [6, 6.07) is 6.57. The summed E-state index contributed by atoms with van der Waals surface area (Å²) in [7, 11) is 0. The fourth-order valence-electron chi connectivity index (χ4n) is 1.63. The number of hydrogen-bond donors (Lipinski definition) is 2. The maximum Gasteiger partial charge on any atom is 0.228 e. The molecule has 0 atom stereocenters. The number of hydrogen-bond acceptors (Lipinski definition) is 6. The van der Waals surface area contributed by atoms with Crippen LogP contribution in [-0.2, 0) is 6.54 Å². The van der Waals surface area contributed by atoms with Crippen LogP contribution in [0.2, 0.25) is 0 Å². The van der Waals surface area contributed by atoms with Gasteiger partial charge in [-0.1, -0.05) is 23.9 Å². The lowest BCUT2D eigenvalue weighted by atomic mass is 10.2. The second kappa shape index (κ2) is 7.21. The van der Waals surface area contributed by atoms with Gasteiger partial charge in [0.2, 0.25) is 11.9 Å². The number of nitrogens with zero attached hydrogens (tertiary/aromatic N) is 3. The molecule has 1 aromatic heterocycles. The summed E-state index contributed by atoms with van der Waals surface area (Å²) in [5.41, 5.74) is 0.959. The minimum Gasteiger partial charge on any atom is -0.352 e. The molecule has 0 spiro atoms. The van der Waals surface area contributed by atoms with Gasteiger partial charge in [0.05, 0.1) is 0 Å². The molecule has 0 unspecified atom stereocenters. The van der Waals surface area contributed by atoms with Gasteiger partial charge in [-0.3, -0.25) is 0 Å². The molecule has 2 aromatic rings. The Labute approximate surface area is 127 Å². The Morgan fingerprint density at radius 1 is 1.10 bits per heavy atom. The predicted octanol–water partition coefficient (Wildman–Crippen LogP) is 3.17. The topological polar surface area (TPSA) is 62.7 Å². The lowest BCUT2D eigenvalue weighted by Gasteiger charge is -2.11. The van der Waals surface area contributed by atoms with E-state index in [1.165, 1.54) is 23.9 Å². The Bertz CT molecular complexity index is 588. The summed E-state index contributed by atoms with van der Waals surface area (Å²) in [4.78, 5) is 12.9. The molecule has 0 fully saturated rings. The van der Waals surface area contributed by atoms with Gasteiger partial charge < -0.3 is 10.6 Å². The van der Waals surface area contributed by atoms with Crippen LogP contribution in [0.15, 0.2) is 29.4 Å². The quantitative estimate of drug-likeness (QED) is 0.799. The molecule has 0 saturated heterocycles. The second-order valence-electron chi connectivity index (χ2n) is 4.75. The first kappa shape index (κ1) is 15.5. The summed E-state index contributed by atoms with van der Waals surface area (Å²) in [5, 5.41) is 6.94. The molecule has 5 nitrogen and oxygen atoms in total. The summed E-state index contributed by atoms with van der Waals surface area (Å²) in [6.45, 7) is 4.57. The largest absolute Gasteiger partial charge is 0.352 e. The van der Waals surface area contributed by atoms with Crippen LogP contribution in [0, 0.1) is 5.82 Å². The van der Waals surface area contributed by atoms with Crippen molar-refractivity contribution in [1.82, 2.24) is 15.0 Å². The molecule has 21 heavy (non-hydrogen) atoms. The minimum atomic E-state index is -0.244. The number of thioether (sulfide) groups is 1. The zero-order chi connectivity index (χ0) is 15.2. The highest BCUT2D eigenvalue weighted by molar-refractivity contribution is 7.98. The predicted molar refractivity (Wildman–Crippen MR) is 84.1 cm³/mol. The van der Waals surface area contributed by atoms with Gasteiger partial charge in [0.15, 0.2) is 5.16 Å². The molecule has 1 aromatic carbocycles. The van der Waals surface area contributed by atoms with E-state index in [4.69, 9.17) is 0 Å². The Kier molecular flexibility index (Phi) is 5.32. The van der Waals surface area contributed by atoms with Crippen LogP contribution >= 0.6 is 11.8 Å². The number of halogens is 1. The molecule has 0 amide bonds. The molecule has 0 aliphatic rings. The van der Waals surface area contributed by atoms with E-state index in [1.807, 2.05) is 20.1 Å². The molecule has 0 aliphatic heterocycles. The third-order valence-electron chi connectivity index (χ3n) is 2.58. The Hall–Kier alpha value is -1.89. The lowest BCUT2D eigenvalue weighted by molar-refractivity contribution is 0.627. The van der Waals surface area contributed by atoms with E-state index in [-0.39, 0.29) is 11.9 Å². The first-order valence-corrected chi connectivity index (χ1v) is 7.84. The average Bonchev–Trinajstić information content (AvgIpc) is 2.45. The SMILES string of the molecule is CSc1nc(NCc2ccc(F)cc2)nc(NC(C)C)n1. The Morgan fingerprint density at radius 3 is 2.38 bits per heavy atom. The van der Waals surface area contributed by atoms with E-state index in [2.05, 4.69) is 25.6 Å². The number of anilines is 2.